The molecule has 0 unspecified atom stereocenters. The second-order valence-electron chi connectivity index (χ2n) is 4.89. The molecule has 5 nitrogen and oxygen atoms in total. The summed E-state index contributed by atoms with van der Waals surface area (Å²) in [5, 5.41) is 7.89. The average molecular weight is 278 g/mol. The van der Waals surface area contributed by atoms with E-state index >= 15 is 0 Å². The molecule has 1 fully saturated rings. The zero-order valence-electron chi connectivity index (χ0n) is 11.4. The monoisotopic (exact) mass is 278 g/mol. The molecule has 0 aliphatic carbocycles. The van der Waals surface area contributed by atoms with Gasteiger partial charge in [0.1, 0.15) is 0 Å². The summed E-state index contributed by atoms with van der Waals surface area (Å²) >= 11 is 0. The third-order valence-corrected chi connectivity index (χ3v) is 3.39. The zero-order chi connectivity index (χ0) is 14.7. The molecule has 0 bridgehead atoms. The molecule has 0 saturated carbocycles. The highest BCUT2D eigenvalue weighted by molar-refractivity contribution is 5.79. The van der Waals surface area contributed by atoms with Gasteiger partial charge in [0, 0.05) is 24.0 Å². The van der Waals surface area contributed by atoms with E-state index in [0.29, 0.717) is 13.1 Å². The summed E-state index contributed by atoms with van der Waals surface area (Å²) in [5.41, 5.74) is 7.19. The lowest BCUT2D eigenvalue weighted by Crippen LogP contribution is -2.51. The number of carbonyl (C=O) groups excluding carboxylic acids is 1. The second-order valence-corrected chi connectivity index (χ2v) is 4.89. The molecule has 1 aliphatic heterocycles. The number of rotatable bonds is 1. The van der Waals surface area contributed by atoms with E-state index in [4.69, 9.17) is 5.73 Å². The summed E-state index contributed by atoms with van der Waals surface area (Å²) in [6.45, 7) is 1.38. The molecule has 1 aliphatic rings. The second kappa shape index (κ2) is 5.70. The topological polar surface area (TPSA) is 75.0 Å². The number of carbonyl (C=O) groups is 1. The van der Waals surface area contributed by atoms with Gasteiger partial charge in [-0.3, -0.25) is 9.89 Å². The number of benzene rings is 1. The number of hydrogen-bond donors (Lipinski definition) is 2. The molecule has 0 spiro atoms. The minimum Gasteiger partial charge on any atom is -0.339 e. The third-order valence-electron chi connectivity index (χ3n) is 3.39. The van der Waals surface area contributed by atoms with Crippen LogP contribution in [0.25, 0.3) is 10.9 Å². The Morgan fingerprint density at radius 3 is 3.10 bits per heavy atom. The number of amides is 1. The van der Waals surface area contributed by atoms with E-state index in [1.807, 2.05) is 18.2 Å². The summed E-state index contributed by atoms with van der Waals surface area (Å²) < 4.78 is 0. The normalized spacial score (nSPS) is 13.9. The van der Waals surface area contributed by atoms with Crippen LogP contribution in [-0.2, 0) is 4.79 Å². The Bertz CT molecular complexity index is 794. The number of fused-ring (bicyclic) bond motifs is 1. The van der Waals surface area contributed by atoms with Gasteiger partial charge in [-0.25, -0.2) is 0 Å². The van der Waals surface area contributed by atoms with E-state index in [2.05, 4.69) is 33.9 Å². The van der Waals surface area contributed by atoms with Crippen molar-refractivity contribution in [2.45, 2.75) is 0 Å². The van der Waals surface area contributed by atoms with Crippen molar-refractivity contribution in [3.05, 3.63) is 30.0 Å². The van der Waals surface area contributed by atoms with Crippen molar-refractivity contribution in [2.75, 3.05) is 19.6 Å². The van der Waals surface area contributed by atoms with Crippen molar-refractivity contribution in [1.82, 2.24) is 15.1 Å². The first kappa shape index (κ1) is 13.2. The zero-order valence-corrected chi connectivity index (χ0v) is 11.4. The number of aromatic amines is 1. The van der Waals surface area contributed by atoms with Crippen LogP contribution in [0.4, 0.5) is 0 Å². The van der Waals surface area contributed by atoms with Gasteiger partial charge >= 0.3 is 0 Å². The van der Waals surface area contributed by atoms with Gasteiger partial charge in [-0.15, -0.1) is 0 Å². The van der Waals surface area contributed by atoms with Crippen LogP contribution < -0.4 is 5.73 Å². The van der Waals surface area contributed by atoms with Crippen molar-refractivity contribution in [1.29, 1.82) is 0 Å². The van der Waals surface area contributed by atoms with Crippen molar-refractivity contribution >= 4 is 16.8 Å². The van der Waals surface area contributed by atoms with Crippen LogP contribution in [-0.4, -0.2) is 40.6 Å². The molecule has 2 heterocycles. The van der Waals surface area contributed by atoms with Gasteiger partial charge in [-0.2, -0.15) is 5.10 Å². The number of nitrogens with two attached hydrogens (primary N) is 1. The number of hydrogen-bond acceptors (Lipinski definition) is 3. The number of nitrogens with one attached hydrogen (secondary N) is 1. The van der Waals surface area contributed by atoms with Crippen LogP contribution in [0, 0.1) is 29.6 Å². The minimum absolute atomic E-state index is 0.0208. The van der Waals surface area contributed by atoms with Gasteiger partial charge in [0.05, 0.1) is 24.2 Å². The molecule has 1 saturated heterocycles. The maximum Gasteiger partial charge on any atom is 0.236 e. The molecule has 104 valence electrons. The van der Waals surface area contributed by atoms with Gasteiger partial charge in [0.15, 0.2) is 0 Å². The summed E-state index contributed by atoms with van der Waals surface area (Å²) in [5.74, 6) is 12.0. The standard InChI is InChI=1S/C16H14N4O/c17-8-16(21)20-10-13(11-20)4-2-1-3-12-5-6-15-14(7-12)9-18-19-15/h5-7,9,13H,8,10-11,17H2,(H,18,19). The Hall–Kier alpha value is -2.76. The van der Waals surface area contributed by atoms with E-state index in [9.17, 15) is 4.79 Å². The van der Waals surface area contributed by atoms with Crippen LogP contribution >= 0.6 is 0 Å². The maximum atomic E-state index is 11.3. The van der Waals surface area contributed by atoms with E-state index in [1.54, 1.807) is 11.1 Å². The predicted octanol–water partition coefficient (Wildman–Crippen LogP) is 0.335. The Balaban J connectivity index is 1.59. The number of H-pyrrole nitrogens is 1. The molecule has 0 atom stereocenters. The smallest absolute Gasteiger partial charge is 0.236 e. The minimum atomic E-state index is -0.0208. The number of likely N-dealkylation sites (tertiary alicyclic amines) is 1. The summed E-state index contributed by atoms with van der Waals surface area (Å²) in [7, 11) is 0. The first-order chi connectivity index (χ1) is 10.3. The Morgan fingerprint density at radius 2 is 2.29 bits per heavy atom. The highest BCUT2D eigenvalue weighted by Crippen LogP contribution is 2.14. The summed E-state index contributed by atoms with van der Waals surface area (Å²) in [6, 6.07) is 5.85. The third kappa shape index (κ3) is 2.89. The average Bonchev–Trinajstić information content (AvgIpc) is 2.92. The Kier molecular flexibility index (Phi) is 3.59. The van der Waals surface area contributed by atoms with Crippen molar-refractivity contribution in [2.24, 2.45) is 11.7 Å². The van der Waals surface area contributed by atoms with Gasteiger partial charge in [0.2, 0.25) is 5.91 Å². The van der Waals surface area contributed by atoms with Crippen LogP contribution in [0.5, 0.6) is 0 Å². The highest BCUT2D eigenvalue weighted by Gasteiger charge is 2.27. The number of nitrogens with zero attached hydrogens (tertiary/aromatic N) is 2. The van der Waals surface area contributed by atoms with Crippen molar-refractivity contribution in [3.63, 3.8) is 0 Å². The van der Waals surface area contributed by atoms with Gasteiger partial charge in [0.25, 0.3) is 0 Å². The lowest BCUT2D eigenvalue weighted by Gasteiger charge is -2.35. The molecule has 21 heavy (non-hydrogen) atoms. The first-order valence-electron chi connectivity index (χ1n) is 6.69. The van der Waals surface area contributed by atoms with E-state index in [-0.39, 0.29) is 18.4 Å². The Morgan fingerprint density at radius 1 is 1.43 bits per heavy atom. The van der Waals surface area contributed by atoms with Crippen LogP contribution in [0.1, 0.15) is 5.56 Å². The lowest BCUT2D eigenvalue weighted by molar-refractivity contribution is -0.134. The lowest BCUT2D eigenvalue weighted by atomic mass is 10.0. The fraction of sp³-hybridized carbons (Fsp3) is 0.250. The maximum absolute atomic E-state index is 11.3. The van der Waals surface area contributed by atoms with Crippen LogP contribution in [0.2, 0.25) is 0 Å². The molecule has 1 amide bonds. The highest BCUT2D eigenvalue weighted by atomic mass is 16.2. The van der Waals surface area contributed by atoms with Crippen molar-refractivity contribution < 1.29 is 4.79 Å². The largest absolute Gasteiger partial charge is 0.339 e. The molecule has 3 N–H and O–H groups in total. The molecular formula is C16H14N4O. The Labute approximate surface area is 122 Å². The van der Waals surface area contributed by atoms with E-state index in [1.165, 1.54) is 0 Å². The molecule has 3 rings (SSSR count). The predicted molar refractivity (Wildman–Crippen MR) is 79.9 cm³/mol. The van der Waals surface area contributed by atoms with E-state index < -0.39 is 0 Å². The van der Waals surface area contributed by atoms with Crippen LogP contribution in [0.3, 0.4) is 0 Å². The van der Waals surface area contributed by atoms with Gasteiger partial charge in [-0.1, -0.05) is 11.8 Å². The summed E-state index contributed by atoms with van der Waals surface area (Å²) in [6.07, 6.45) is 1.77. The van der Waals surface area contributed by atoms with Gasteiger partial charge in [-0.05, 0) is 30.0 Å². The molecule has 1 aromatic heterocycles. The molecule has 0 radical (unpaired) electrons. The molecule has 5 heteroatoms. The van der Waals surface area contributed by atoms with Crippen molar-refractivity contribution in [3.8, 4) is 23.7 Å². The number of aromatic nitrogens is 2. The fourth-order valence-corrected chi connectivity index (χ4v) is 2.16. The van der Waals surface area contributed by atoms with Crippen LogP contribution in [0.15, 0.2) is 24.4 Å². The quantitative estimate of drug-likeness (QED) is 0.738. The molecular weight excluding hydrogens is 264 g/mol. The SMILES string of the molecule is NCC(=O)N1CC(C#CC#Cc2ccc3[nH]ncc3c2)C1. The van der Waals surface area contributed by atoms with E-state index in [0.717, 1.165) is 16.5 Å². The first-order valence-corrected chi connectivity index (χ1v) is 6.69. The molecule has 1 aromatic carbocycles. The fourth-order valence-electron chi connectivity index (χ4n) is 2.16. The van der Waals surface area contributed by atoms with Gasteiger partial charge < -0.3 is 10.6 Å². The molecule has 2 aromatic rings. The summed E-state index contributed by atoms with van der Waals surface area (Å²) in [4.78, 5) is 13.0.